The minimum atomic E-state index is -1.12. The van der Waals surface area contributed by atoms with Crippen molar-refractivity contribution in [3.05, 3.63) is 54.1 Å². The van der Waals surface area contributed by atoms with E-state index < -0.39 is 29.6 Å². The lowest BCUT2D eigenvalue weighted by atomic mass is 10.2. The first kappa shape index (κ1) is 19.3. The molecule has 0 radical (unpaired) electrons. The molecule has 6 nitrogen and oxygen atoms in total. The van der Waals surface area contributed by atoms with Crippen molar-refractivity contribution in [2.75, 3.05) is 0 Å². The van der Waals surface area contributed by atoms with Crippen molar-refractivity contribution in [3.63, 3.8) is 0 Å². The van der Waals surface area contributed by atoms with E-state index in [1.807, 2.05) is 0 Å². The normalized spacial score (nSPS) is 12.3. The quantitative estimate of drug-likeness (QED) is 0.702. The zero-order valence-electron chi connectivity index (χ0n) is 14.0. The monoisotopic (exact) mass is 364 g/mol. The first-order valence-corrected chi connectivity index (χ1v) is 7.94. The van der Waals surface area contributed by atoms with Crippen molar-refractivity contribution >= 4 is 11.9 Å². The van der Waals surface area contributed by atoms with Gasteiger partial charge in [0, 0.05) is 18.9 Å². The molecule has 0 aliphatic heterocycles. The molecular formula is C18H18F2N2O4. The molecule has 2 aromatic rings. The van der Waals surface area contributed by atoms with Gasteiger partial charge in [0.1, 0.15) is 17.7 Å². The predicted molar refractivity (Wildman–Crippen MR) is 89.2 cm³/mol. The van der Waals surface area contributed by atoms with Gasteiger partial charge in [-0.05, 0) is 25.5 Å². The smallest absolute Gasteiger partial charge is 0.326 e. The summed E-state index contributed by atoms with van der Waals surface area (Å²) < 4.78 is 32.0. The molecule has 1 unspecified atom stereocenters. The zero-order chi connectivity index (χ0) is 19.1. The van der Waals surface area contributed by atoms with E-state index in [1.54, 1.807) is 19.1 Å². The molecule has 1 atom stereocenters. The van der Waals surface area contributed by atoms with Crippen LogP contribution in [-0.2, 0) is 16.0 Å². The van der Waals surface area contributed by atoms with Crippen molar-refractivity contribution in [2.45, 2.75) is 32.2 Å². The summed E-state index contributed by atoms with van der Waals surface area (Å²) >= 11 is 0. The predicted octanol–water partition coefficient (Wildman–Crippen LogP) is 3.09. The van der Waals surface area contributed by atoms with E-state index in [4.69, 9.17) is 9.52 Å². The maximum Gasteiger partial charge on any atom is 0.326 e. The van der Waals surface area contributed by atoms with Crippen LogP contribution in [0.2, 0.25) is 0 Å². The maximum atomic E-state index is 13.7. The number of hydrogen-bond acceptors (Lipinski definition) is 4. The van der Waals surface area contributed by atoms with E-state index in [0.29, 0.717) is 0 Å². The van der Waals surface area contributed by atoms with Gasteiger partial charge in [-0.2, -0.15) is 0 Å². The van der Waals surface area contributed by atoms with E-state index >= 15 is 0 Å². The molecule has 138 valence electrons. The molecule has 8 heteroatoms. The van der Waals surface area contributed by atoms with Crippen LogP contribution in [0.4, 0.5) is 8.78 Å². The third-order valence-corrected chi connectivity index (χ3v) is 3.56. The average Bonchev–Trinajstić information content (AvgIpc) is 3.05. The summed E-state index contributed by atoms with van der Waals surface area (Å²) in [6.45, 7) is 1.75. The summed E-state index contributed by atoms with van der Waals surface area (Å²) in [6.07, 6.45) is 4.90. The van der Waals surface area contributed by atoms with Crippen LogP contribution in [-0.4, -0.2) is 28.0 Å². The van der Waals surface area contributed by atoms with Gasteiger partial charge in [-0.25, -0.2) is 18.6 Å². The Balaban J connectivity index is 1.94. The van der Waals surface area contributed by atoms with Gasteiger partial charge in [0.15, 0.2) is 11.7 Å². The van der Waals surface area contributed by atoms with Crippen molar-refractivity contribution in [2.24, 2.45) is 0 Å². The van der Waals surface area contributed by atoms with Crippen molar-refractivity contribution < 1.29 is 27.9 Å². The van der Waals surface area contributed by atoms with E-state index in [-0.39, 0.29) is 36.5 Å². The number of aryl methyl sites for hydroxylation is 1. The molecule has 0 saturated heterocycles. The summed E-state index contributed by atoms with van der Waals surface area (Å²) in [5, 5.41) is 11.5. The molecule has 0 aliphatic rings. The SMILES string of the molecule is C/C=C/CC(NC(=O)CCc1ncc(-c2ccc(F)cc2F)o1)C(=O)O. The van der Waals surface area contributed by atoms with Crippen LogP contribution in [0.15, 0.2) is 41.0 Å². The van der Waals surface area contributed by atoms with Gasteiger partial charge in [-0.15, -0.1) is 0 Å². The molecule has 1 heterocycles. The average molecular weight is 364 g/mol. The van der Waals surface area contributed by atoms with Crippen LogP contribution in [0.25, 0.3) is 11.3 Å². The fraction of sp³-hybridized carbons (Fsp3) is 0.278. The number of aliphatic carboxylic acids is 1. The molecule has 1 aromatic carbocycles. The fourth-order valence-electron chi connectivity index (χ4n) is 2.22. The Hall–Kier alpha value is -3.03. The number of carboxylic acid groups (broad SMARTS) is 1. The summed E-state index contributed by atoms with van der Waals surface area (Å²) in [4.78, 5) is 26.9. The van der Waals surface area contributed by atoms with Crippen LogP contribution in [0.1, 0.15) is 25.7 Å². The number of nitrogens with zero attached hydrogens (tertiary/aromatic N) is 1. The van der Waals surface area contributed by atoms with Crippen LogP contribution in [0, 0.1) is 11.6 Å². The second-order valence-corrected chi connectivity index (χ2v) is 5.51. The number of benzene rings is 1. The maximum absolute atomic E-state index is 13.7. The number of allylic oxidation sites excluding steroid dienone is 1. The first-order valence-electron chi connectivity index (χ1n) is 7.94. The van der Waals surface area contributed by atoms with Crippen LogP contribution in [0.5, 0.6) is 0 Å². The number of oxazole rings is 1. The number of aromatic nitrogens is 1. The lowest BCUT2D eigenvalue weighted by molar-refractivity contribution is -0.141. The Kier molecular flexibility index (Phi) is 6.60. The Labute approximate surface area is 148 Å². The molecule has 2 N–H and O–H groups in total. The van der Waals surface area contributed by atoms with E-state index in [2.05, 4.69) is 10.3 Å². The summed E-state index contributed by atoms with van der Waals surface area (Å²) in [7, 11) is 0. The van der Waals surface area contributed by atoms with Gasteiger partial charge in [0.25, 0.3) is 0 Å². The van der Waals surface area contributed by atoms with Gasteiger partial charge >= 0.3 is 5.97 Å². The highest BCUT2D eigenvalue weighted by atomic mass is 19.1. The molecule has 1 aromatic heterocycles. The number of carbonyl (C=O) groups is 2. The van der Waals surface area contributed by atoms with Gasteiger partial charge < -0.3 is 14.8 Å². The minimum Gasteiger partial charge on any atom is -0.480 e. The molecular weight excluding hydrogens is 346 g/mol. The number of nitrogens with one attached hydrogen (secondary N) is 1. The number of amides is 1. The summed E-state index contributed by atoms with van der Waals surface area (Å²) in [6, 6.07) is 2.07. The summed E-state index contributed by atoms with van der Waals surface area (Å²) in [5.41, 5.74) is 0.0619. The van der Waals surface area contributed by atoms with Crippen LogP contribution >= 0.6 is 0 Å². The van der Waals surface area contributed by atoms with Crippen LogP contribution in [0.3, 0.4) is 0 Å². The van der Waals surface area contributed by atoms with Gasteiger partial charge in [0.2, 0.25) is 5.91 Å². The lowest BCUT2D eigenvalue weighted by Gasteiger charge is -2.12. The molecule has 0 bridgehead atoms. The third kappa shape index (κ3) is 5.23. The molecule has 0 aliphatic carbocycles. The standard InChI is InChI=1S/C18H18F2N2O4/c1-2-3-4-14(18(24)25)22-16(23)7-8-17-21-10-15(26-17)12-6-5-11(19)9-13(12)20/h2-3,5-6,9-10,14H,4,7-8H2,1H3,(H,22,23)(H,24,25)/b3-2+. The van der Waals surface area contributed by atoms with Gasteiger partial charge in [-0.3, -0.25) is 4.79 Å². The highest BCUT2D eigenvalue weighted by Crippen LogP contribution is 2.24. The van der Waals surface area contributed by atoms with Crippen LogP contribution < -0.4 is 5.32 Å². The molecule has 1 amide bonds. The number of carboxylic acids is 1. The van der Waals surface area contributed by atoms with Gasteiger partial charge in [0.05, 0.1) is 11.8 Å². The number of halogens is 2. The minimum absolute atomic E-state index is 0.0362. The van der Waals surface area contributed by atoms with E-state index in [9.17, 15) is 18.4 Å². The van der Waals surface area contributed by atoms with Crippen molar-refractivity contribution in [3.8, 4) is 11.3 Å². The van der Waals surface area contributed by atoms with E-state index in [0.717, 1.165) is 12.1 Å². The lowest BCUT2D eigenvalue weighted by Crippen LogP contribution is -2.40. The van der Waals surface area contributed by atoms with Crippen molar-refractivity contribution in [1.82, 2.24) is 10.3 Å². The van der Waals surface area contributed by atoms with E-state index in [1.165, 1.54) is 12.3 Å². The first-order chi connectivity index (χ1) is 12.4. The highest BCUT2D eigenvalue weighted by Gasteiger charge is 2.19. The van der Waals surface area contributed by atoms with Crippen molar-refractivity contribution in [1.29, 1.82) is 0 Å². The second kappa shape index (κ2) is 8.89. The Morgan fingerprint density at radius 2 is 2.15 bits per heavy atom. The van der Waals surface area contributed by atoms with Gasteiger partial charge in [-0.1, -0.05) is 12.2 Å². The molecule has 26 heavy (non-hydrogen) atoms. The summed E-state index contributed by atoms with van der Waals surface area (Å²) in [5.74, 6) is -2.75. The molecule has 0 fully saturated rings. The number of carbonyl (C=O) groups excluding carboxylic acids is 1. The second-order valence-electron chi connectivity index (χ2n) is 5.51. The Morgan fingerprint density at radius 1 is 1.38 bits per heavy atom. The molecule has 2 rings (SSSR count). The number of rotatable bonds is 8. The number of hydrogen-bond donors (Lipinski definition) is 2. The Bertz CT molecular complexity index is 817. The fourth-order valence-corrected chi connectivity index (χ4v) is 2.22. The largest absolute Gasteiger partial charge is 0.480 e. The highest BCUT2D eigenvalue weighted by molar-refractivity contribution is 5.83. The zero-order valence-corrected chi connectivity index (χ0v) is 14.0. The molecule has 0 saturated carbocycles. The third-order valence-electron chi connectivity index (χ3n) is 3.56. The topological polar surface area (TPSA) is 92.4 Å². The Morgan fingerprint density at radius 3 is 2.81 bits per heavy atom. The molecule has 0 spiro atoms.